The van der Waals surface area contributed by atoms with Crippen LogP contribution in [0.15, 0.2) is 97.1 Å². The summed E-state index contributed by atoms with van der Waals surface area (Å²) in [7, 11) is 0. The fourth-order valence-corrected chi connectivity index (χ4v) is 2.86. The molecule has 31 heavy (non-hydrogen) atoms. The Morgan fingerprint density at radius 3 is 1.61 bits per heavy atom. The average Bonchev–Trinajstić information content (AvgIpc) is 2.82. The molecule has 0 saturated heterocycles. The van der Waals surface area contributed by atoms with Gasteiger partial charge in [0.15, 0.2) is 11.5 Å². The largest absolute Gasteiger partial charge is 0.457 e. The molecule has 0 aliphatic rings. The summed E-state index contributed by atoms with van der Waals surface area (Å²) in [5, 5.41) is 18.3. The van der Waals surface area contributed by atoms with Gasteiger partial charge in [0.05, 0.1) is 11.1 Å². The molecule has 0 aliphatic heterocycles. The van der Waals surface area contributed by atoms with Gasteiger partial charge in [0.1, 0.15) is 35.1 Å². The Balaban J connectivity index is 1.66. The second-order valence-electron chi connectivity index (χ2n) is 6.47. The van der Waals surface area contributed by atoms with Crippen LogP contribution in [0, 0.1) is 22.7 Å². The first-order valence-electron chi connectivity index (χ1n) is 9.47. The summed E-state index contributed by atoms with van der Waals surface area (Å²) in [6.45, 7) is 0. The first kappa shape index (κ1) is 19.6. The molecule has 148 valence electrons. The van der Waals surface area contributed by atoms with Crippen molar-refractivity contribution in [2.45, 2.75) is 0 Å². The third kappa shape index (κ3) is 4.82. The van der Waals surface area contributed by atoms with Crippen LogP contribution in [-0.2, 0) is 0 Å². The van der Waals surface area contributed by atoms with E-state index in [0.29, 0.717) is 40.1 Å². The van der Waals surface area contributed by atoms with Crippen LogP contribution in [0.5, 0.6) is 34.5 Å². The summed E-state index contributed by atoms with van der Waals surface area (Å²) in [4.78, 5) is 0. The van der Waals surface area contributed by atoms with E-state index in [9.17, 15) is 5.26 Å². The topological polar surface area (TPSA) is 75.3 Å². The number of benzene rings is 4. The highest BCUT2D eigenvalue weighted by Crippen LogP contribution is 2.38. The van der Waals surface area contributed by atoms with Crippen LogP contribution in [0.1, 0.15) is 11.1 Å². The Labute approximate surface area is 179 Å². The molecule has 0 fully saturated rings. The van der Waals surface area contributed by atoms with Crippen LogP contribution in [0.25, 0.3) is 0 Å². The monoisotopic (exact) mass is 404 g/mol. The minimum Gasteiger partial charge on any atom is -0.457 e. The molecule has 0 spiro atoms. The lowest BCUT2D eigenvalue weighted by Gasteiger charge is -2.14. The van der Waals surface area contributed by atoms with E-state index < -0.39 is 0 Å². The van der Waals surface area contributed by atoms with Crippen molar-refractivity contribution >= 4 is 0 Å². The second kappa shape index (κ2) is 9.17. The van der Waals surface area contributed by atoms with Crippen LogP contribution in [0.2, 0.25) is 0 Å². The van der Waals surface area contributed by atoms with Gasteiger partial charge in [-0.15, -0.1) is 0 Å². The Kier molecular flexibility index (Phi) is 5.79. The Morgan fingerprint density at radius 2 is 1.00 bits per heavy atom. The third-order valence-corrected chi connectivity index (χ3v) is 4.32. The predicted molar refractivity (Wildman–Crippen MR) is 115 cm³/mol. The molecule has 4 rings (SSSR count). The van der Waals surface area contributed by atoms with Gasteiger partial charge in [-0.1, -0.05) is 36.4 Å². The highest BCUT2D eigenvalue weighted by molar-refractivity contribution is 5.52. The number of nitriles is 2. The van der Waals surface area contributed by atoms with E-state index >= 15 is 0 Å². The van der Waals surface area contributed by atoms with Crippen molar-refractivity contribution in [1.82, 2.24) is 0 Å². The molecule has 4 aromatic rings. The van der Waals surface area contributed by atoms with Crippen molar-refractivity contribution in [1.29, 1.82) is 10.5 Å². The van der Waals surface area contributed by atoms with Crippen molar-refractivity contribution in [3.63, 3.8) is 0 Å². The zero-order valence-corrected chi connectivity index (χ0v) is 16.4. The number of para-hydroxylation sites is 2. The number of nitrogens with zero attached hydrogens (tertiary/aromatic N) is 2. The van der Waals surface area contributed by atoms with E-state index in [2.05, 4.69) is 0 Å². The van der Waals surface area contributed by atoms with Crippen molar-refractivity contribution in [3.05, 3.63) is 108 Å². The normalized spacial score (nSPS) is 9.87. The Hall–Kier alpha value is -4.74. The number of hydrogen-bond donors (Lipinski definition) is 0. The summed E-state index contributed by atoms with van der Waals surface area (Å²) in [6, 6.07) is 32.7. The zero-order valence-electron chi connectivity index (χ0n) is 16.4. The number of hydrogen-bond acceptors (Lipinski definition) is 5. The molecule has 0 aliphatic carbocycles. The molecule has 0 aromatic heterocycles. The minimum atomic E-state index is 0.254. The molecule has 0 radical (unpaired) electrons. The van der Waals surface area contributed by atoms with Gasteiger partial charge in [0.25, 0.3) is 0 Å². The fourth-order valence-electron chi connectivity index (χ4n) is 2.86. The molecule has 0 heterocycles. The Bertz CT molecular complexity index is 1270. The molecule has 0 N–H and O–H groups in total. The van der Waals surface area contributed by atoms with Gasteiger partial charge in [-0.05, 0) is 54.6 Å². The lowest BCUT2D eigenvalue weighted by molar-refractivity contribution is 0.412. The van der Waals surface area contributed by atoms with Gasteiger partial charge in [0, 0.05) is 6.07 Å². The van der Waals surface area contributed by atoms with E-state index in [1.54, 1.807) is 30.3 Å². The van der Waals surface area contributed by atoms with Crippen LogP contribution < -0.4 is 14.2 Å². The van der Waals surface area contributed by atoms with Crippen LogP contribution in [0.3, 0.4) is 0 Å². The zero-order chi connectivity index (χ0) is 21.5. The van der Waals surface area contributed by atoms with Gasteiger partial charge < -0.3 is 14.2 Å². The standard InChI is InChI=1S/C26H16N2O3/c27-17-19-11-12-23(15-20(19)18-28)29-24-13-14-25(30-21-7-3-1-4-8-21)26(16-24)31-22-9-5-2-6-10-22/h1-16H. The van der Waals surface area contributed by atoms with Crippen molar-refractivity contribution < 1.29 is 14.2 Å². The average molecular weight is 404 g/mol. The highest BCUT2D eigenvalue weighted by Gasteiger charge is 2.12. The molecule has 5 heteroatoms. The fraction of sp³-hybridized carbons (Fsp3) is 0. The SMILES string of the molecule is N#Cc1ccc(Oc2ccc(Oc3ccccc3)c(Oc3ccccc3)c2)cc1C#N. The van der Waals surface area contributed by atoms with Crippen molar-refractivity contribution in [2.75, 3.05) is 0 Å². The van der Waals surface area contributed by atoms with Crippen LogP contribution >= 0.6 is 0 Å². The van der Waals surface area contributed by atoms with Gasteiger partial charge in [-0.3, -0.25) is 0 Å². The molecule has 5 nitrogen and oxygen atoms in total. The van der Waals surface area contributed by atoms with Crippen molar-refractivity contribution in [2.24, 2.45) is 0 Å². The smallest absolute Gasteiger partial charge is 0.173 e. The molecule has 0 unspecified atom stereocenters. The predicted octanol–water partition coefficient (Wildman–Crippen LogP) is 6.81. The molecular weight excluding hydrogens is 388 g/mol. The Morgan fingerprint density at radius 1 is 0.452 bits per heavy atom. The van der Waals surface area contributed by atoms with Gasteiger partial charge >= 0.3 is 0 Å². The van der Waals surface area contributed by atoms with E-state index in [-0.39, 0.29) is 5.56 Å². The number of ether oxygens (including phenoxy) is 3. The third-order valence-electron chi connectivity index (χ3n) is 4.32. The first-order chi connectivity index (χ1) is 15.2. The lowest BCUT2D eigenvalue weighted by Crippen LogP contribution is -1.93. The molecule has 4 aromatic carbocycles. The molecule has 0 atom stereocenters. The minimum absolute atomic E-state index is 0.254. The second-order valence-corrected chi connectivity index (χ2v) is 6.47. The number of rotatable bonds is 6. The maximum Gasteiger partial charge on any atom is 0.173 e. The van der Waals surface area contributed by atoms with E-state index in [1.807, 2.05) is 72.8 Å². The van der Waals surface area contributed by atoms with E-state index in [1.165, 1.54) is 6.07 Å². The summed E-state index contributed by atoms with van der Waals surface area (Å²) >= 11 is 0. The van der Waals surface area contributed by atoms with Gasteiger partial charge in [0.2, 0.25) is 0 Å². The summed E-state index contributed by atoms with van der Waals surface area (Å²) in [5.41, 5.74) is 0.555. The summed E-state index contributed by atoms with van der Waals surface area (Å²) in [6.07, 6.45) is 0. The molecule has 0 saturated carbocycles. The quantitative estimate of drug-likeness (QED) is 0.353. The van der Waals surface area contributed by atoms with Gasteiger partial charge in [-0.25, -0.2) is 0 Å². The molecule has 0 amide bonds. The summed E-state index contributed by atoms with van der Waals surface area (Å²) in [5.74, 6) is 3.28. The summed E-state index contributed by atoms with van der Waals surface area (Å²) < 4.78 is 17.9. The maximum absolute atomic E-state index is 9.23. The first-order valence-corrected chi connectivity index (χ1v) is 9.47. The van der Waals surface area contributed by atoms with Crippen LogP contribution in [-0.4, -0.2) is 0 Å². The van der Waals surface area contributed by atoms with Crippen LogP contribution in [0.4, 0.5) is 0 Å². The lowest BCUT2D eigenvalue weighted by atomic mass is 10.1. The van der Waals surface area contributed by atoms with Crippen molar-refractivity contribution in [3.8, 4) is 46.6 Å². The van der Waals surface area contributed by atoms with E-state index in [4.69, 9.17) is 19.5 Å². The molecular formula is C26H16N2O3. The molecule has 0 bridgehead atoms. The van der Waals surface area contributed by atoms with Gasteiger partial charge in [-0.2, -0.15) is 10.5 Å². The maximum atomic E-state index is 9.23. The van der Waals surface area contributed by atoms with E-state index in [0.717, 1.165) is 0 Å². The highest BCUT2D eigenvalue weighted by atomic mass is 16.5.